The van der Waals surface area contributed by atoms with Gasteiger partial charge < -0.3 is 19.7 Å². The van der Waals surface area contributed by atoms with Gasteiger partial charge in [0.25, 0.3) is 5.91 Å². The van der Waals surface area contributed by atoms with Gasteiger partial charge in [-0.15, -0.1) is 11.3 Å². The van der Waals surface area contributed by atoms with Crippen LogP contribution in [0.1, 0.15) is 32.0 Å². The molecule has 0 aliphatic rings. The van der Waals surface area contributed by atoms with Crippen molar-refractivity contribution >= 4 is 22.9 Å². The number of nitrogens with one attached hydrogen (secondary N) is 1. The van der Waals surface area contributed by atoms with E-state index in [4.69, 9.17) is 4.42 Å². The summed E-state index contributed by atoms with van der Waals surface area (Å²) in [5, 5.41) is 13.1. The third-order valence-corrected chi connectivity index (χ3v) is 4.97. The van der Waals surface area contributed by atoms with Crippen molar-refractivity contribution in [3.8, 4) is 0 Å². The molecule has 0 aliphatic carbocycles. The van der Waals surface area contributed by atoms with Crippen molar-refractivity contribution in [2.75, 3.05) is 19.0 Å². The normalized spacial score (nSPS) is 12.0. The molecule has 5 nitrogen and oxygen atoms in total. The molecule has 3 aromatic rings. The van der Waals surface area contributed by atoms with Crippen molar-refractivity contribution in [1.29, 1.82) is 0 Å². The standard InChI is InChI=1S/C19H20N2O3S/c1-21(2)14-7-5-13(6-8-14)19(23)20-12-15-9-10-17(25-15)18(22)16-4-3-11-24-16/h3-11,18,22H,12H2,1-2H3,(H,20,23). The third-order valence-electron chi connectivity index (χ3n) is 3.83. The molecular formula is C19H20N2O3S. The molecule has 0 spiro atoms. The molecule has 2 N–H and O–H groups in total. The minimum absolute atomic E-state index is 0.119. The quantitative estimate of drug-likeness (QED) is 0.710. The van der Waals surface area contributed by atoms with Crippen molar-refractivity contribution in [2.45, 2.75) is 12.6 Å². The summed E-state index contributed by atoms with van der Waals surface area (Å²) in [4.78, 5) is 16.0. The van der Waals surface area contributed by atoms with E-state index in [1.54, 1.807) is 12.1 Å². The van der Waals surface area contributed by atoms with Crippen LogP contribution in [0.3, 0.4) is 0 Å². The van der Waals surface area contributed by atoms with E-state index in [0.29, 0.717) is 17.9 Å². The van der Waals surface area contributed by atoms with Gasteiger partial charge in [-0.1, -0.05) is 0 Å². The van der Waals surface area contributed by atoms with Crippen molar-refractivity contribution in [2.24, 2.45) is 0 Å². The molecule has 0 saturated carbocycles. The Hall–Kier alpha value is -2.57. The van der Waals surface area contributed by atoms with Gasteiger partial charge in [-0.05, 0) is 48.5 Å². The maximum absolute atomic E-state index is 12.2. The smallest absolute Gasteiger partial charge is 0.251 e. The highest BCUT2D eigenvalue weighted by Gasteiger charge is 2.16. The first-order valence-electron chi connectivity index (χ1n) is 7.90. The van der Waals surface area contributed by atoms with E-state index in [1.807, 2.05) is 55.4 Å². The number of benzene rings is 1. The summed E-state index contributed by atoms with van der Waals surface area (Å²) >= 11 is 1.45. The molecule has 130 valence electrons. The molecule has 25 heavy (non-hydrogen) atoms. The number of carbonyl (C=O) groups excluding carboxylic acids is 1. The van der Waals surface area contributed by atoms with Crippen molar-refractivity contribution in [1.82, 2.24) is 5.32 Å². The van der Waals surface area contributed by atoms with Crippen LogP contribution in [0.5, 0.6) is 0 Å². The number of hydrogen-bond acceptors (Lipinski definition) is 5. The highest BCUT2D eigenvalue weighted by Crippen LogP contribution is 2.28. The van der Waals surface area contributed by atoms with Crippen LogP contribution in [-0.4, -0.2) is 25.1 Å². The van der Waals surface area contributed by atoms with Gasteiger partial charge in [0.15, 0.2) is 0 Å². The predicted molar refractivity (Wildman–Crippen MR) is 99.0 cm³/mol. The van der Waals surface area contributed by atoms with Crippen LogP contribution >= 0.6 is 11.3 Å². The lowest BCUT2D eigenvalue weighted by molar-refractivity contribution is 0.0951. The number of aliphatic hydroxyl groups excluding tert-OH is 1. The number of hydrogen-bond donors (Lipinski definition) is 2. The summed E-state index contributed by atoms with van der Waals surface area (Å²) < 4.78 is 5.22. The molecule has 0 fully saturated rings. The van der Waals surface area contributed by atoms with Gasteiger partial charge in [-0.2, -0.15) is 0 Å². The Bertz CT molecular complexity index is 823. The summed E-state index contributed by atoms with van der Waals surface area (Å²) in [7, 11) is 3.92. The number of amides is 1. The van der Waals surface area contributed by atoms with E-state index in [2.05, 4.69) is 5.32 Å². The average molecular weight is 356 g/mol. The first-order chi connectivity index (χ1) is 12.0. The minimum Gasteiger partial charge on any atom is -0.466 e. The lowest BCUT2D eigenvalue weighted by Gasteiger charge is -2.12. The Balaban J connectivity index is 1.59. The van der Waals surface area contributed by atoms with Crippen molar-refractivity contribution < 1.29 is 14.3 Å². The lowest BCUT2D eigenvalue weighted by Crippen LogP contribution is -2.22. The number of nitrogens with zero attached hydrogens (tertiary/aromatic N) is 1. The second-order valence-electron chi connectivity index (χ2n) is 5.85. The molecule has 6 heteroatoms. The molecule has 2 heterocycles. The van der Waals surface area contributed by atoms with E-state index < -0.39 is 6.10 Å². The van der Waals surface area contributed by atoms with Crippen LogP contribution in [0.15, 0.2) is 59.2 Å². The van der Waals surface area contributed by atoms with E-state index in [1.165, 1.54) is 17.6 Å². The Labute approximate surface area is 150 Å². The van der Waals surface area contributed by atoms with Crippen LogP contribution in [-0.2, 0) is 6.54 Å². The zero-order valence-corrected chi connectivity index (χ0v) is 14.9. The molecule has 0 saturated heterocycles. The molecular weight excluding hydrogens is 336 g/mol. The summed E-state index contributed by atoms with van der Waals surface area (Å²) in [5.41, 5.74) is 1.67. The van der Waals surface area contributed by atoms with Crippen LogP contribution in [0.2, 0.25) is 0 Å². The minimum atomic E-state index is -0.775. The van der Waals surface area contributed by atoms with Gasteiger partial charge in [0.1, 0.15) is 11.9 Å². The first-order valence-corrected chi connectivity index (χ1v) is 8.72. The molecule has 0 bridgehead atoms. The molecule has 1 aromatic carbocycles. The zero-order chi connectivity index (χ0) is 17.8. The maximum atomic E-state index is 12.2. The van der Waals surface area contributed by atoms with Gasteiger partial charge >= 0.3 is 0 Å². The Kier molecular flexibility index (Phi) is 5.21. The Morgan fingerprint density at radius 1 is 1.20 bits per heavy atom. The maximum Gasteiger partial charge on any atom is 0.251 e. The number of aliphatic hydroxyl groups is 1. The molecule has 1 unspecified atom stereocenters. The van der Waals surface area contributed by atoms with Crippen LogP contribution in [0.4, 0.5) is 5.69 Å². The Morgan fingerprint density at radius 2 is 1.96 bits per heavy atom. The van der Waals surface area contributed by atoms with Gasteiger partial charge in [-0.25, -0.2) is 0 Å². The molecule has 0 radical (unpaired) electrons. The van der Waals surface area contributed by atoms with E-state index in [0.717, 1.165) is 15.4 Å². The van der Waals surface area contributed by atoms with Crippen LogP contribution in [0.25, 0.3) is 0 Å². The summed E-state index contributed by atoms with van der Waals surface area (Å²) in [6, 6.07) is 14.7. The summed E-state index contributed by atoms with van der Waals surface area (Å²) in [6.45, 7) is 0.420. The first kappa shape index (κ1) is 17.3. The zero-order valence-electron chi connectivity index (χ0n) is 14.1. The van der Waals surface area contributed by atoms with Gasteiger partial charge in [0.05, 0.1) is 12.8 Å². The second-order valence-corrected chi connectivity index (χ2v) is 7.05. The fourth-order valence-corrected chi connectivity index (χ4v) is 3.35. The van der Waals surface area contributed by atoms with Gasteiger partial charge in [0, 0.05) is 35.1 Å². The molecule has 3 rings (SSSR count). The molecule has 1 amide bonds. The Morgan fingerprint density at radius 3 is 2.60 bits per heavy atom. The molecule has 1 atom stereocenters. The van der Waals surface area contributed by atoms with E-state index in [-0.39, 0.29) is 5.91 Å². The second kappa shape index (κ2) is 7.55. The van der Waals surface area contributed by atoms with E-state index in [9.17, 15) is 9.90 Å². The van der Waals surface area contributed by atoms with Crippen molar-refractivity contribution in [3.63, 3.8) is 0 Å². The SMILES string of the molecule is CN(C)c1ccc(C(=O)NCc2ccc(C(O)c3ccco3)s2)cc1. The van der Waals surface area contributed by atoms with Crippen molar-refractivity contribution in [3.05, 3.63) is 75.9 Å². The fraction of sp³-hybridized carbons (Fsp3) is 0.211. The summed E-state index contributed by atoms with van der Waals surface area (Å²) in [5.74, 6) is 0.394. The third kappa shape index (κ3) is 4.10. The topological polar surface area (TPSA) is 65.7 Å². The fourth-order valence-electron chi connectivity index (χ4n) is 2.40. The van der Waals surface area contributed by atoms with Gasteiger partial charge in [0.2, 0.25) is 0 Å². The van der Waals surface area contributed by atoms with E-state index >= 15 is 0 Å². The highest BCUT2D eigenvalue weighted by atomic mass is 32.1. The number of anilines is 1. The predicted octanol–water partition coefficient (Wildman–Crippen LogP) is 3.42. The van der Waals surface area contributed by atoms with Crippen LogP contribution < -0.4 is 10.2 Å². The monoisotopic (exact) mass is 356 g/mol. The lowest BCUT2D eigenvalue weighted by atomic mass is 10.2. The number of carbonyl (C=O) groups is 1. The number of rotatable bonds is 6. The largest absolute Gasteiger partial charge is 0.466 e. The average Bonchev–Trinajstić information content (AvgIpc) is 3.31. The van der Waals surface area contributed by atoms with Gasteiger partial charge in [-0.3, -0.25) is 4.79 Å². The summed E-state index contributed by atoms with van der Waals surface area (Å²) in [6.07, 6.45) is 0.762. The number of furan rings is 1. The highest BCUT2D eigenvalue weighted by molar-refractivity contribution is 7.12. The molecule has 2 aromatic heterocycles. The number of thiophene rings is 1. The molecule has 0 aliphatic heterocycles. The van der Waals surface area contributed by atoms with Crippen LogP contribution in [0, 0.1) is 0 Å².